The zero-order valence-corrected chi connectivity index (χ0v) is 14.6. The highest BCUT2D eigenvalue weighted by atomic mass is 19.1. The van der Waals surface area contributed by atoms with E-state index in [2.05, 4.69) is 0 Å². The van der Waals surface area contributed by atoms with Crippen molar-refractivity contribution in [3.63, 3.8) is 0 Å². The average molecular weight is 356 g/mol. The summed E-state index contributed by atoms with van der Waals surface area (Å²) in [5, 5.41) is 0. The average Bonchev–Trinajstić information content (AvgIpc) is 3.26. The number of benzene rings is 2. The first kappa shape index (κ1) is 17.0. The number of esters is 1. The summed E-state index contributed by atoms with van der Waals surface area (Å²) < 4.78 is 31.7. The molecule has 2 bridgehead atoms. The van der Waals surface area contributed by atoms with Gasteiger partial charge in [0, 0.05) is 6.42 Å². The van der Waals surface area contributed by atoms with E-state index in [-0.39, 0.29) is 23.5 Å². The van der Waals surface area contributed by atoms with Gasteiger partial charge in [-0.25, -0.2) is 9.18 Å². The van der Waals surface area contributed by atoms with Crippen molar-refractivity contribution in [3.8, 4) is 11.5 Å². The zero-order valence-electron chi connectivity index (χ0n) is 14.6. The maximum absolute atomic E-state index is 14.3. The summed E-state index contributed by atoms with van der Waals surface area (Å²) in [5.74, 6) is -0.519. The highest BCUT2D eigenvalue weighted by Gasteiger charge is 2.53. The second-order valence-corrected chi connectivity index (χ2v) is 6.90. The lowest BCUT2D eigenvalue weighted by Crippen LogP contribution is -2.45. The fourth-order valence-electron chi connectivity index (χ4n) is 3.89. The number of para-hydroxylation sites is 1. The first-order chi connectivity index (χ1) is 12.6. The molecule has 0 radical (unpaired) electrons. The van der Waals surface area contributed by atoms with E-state index in [4.69, 9.17) is 14.2 Å². The van der Waals surface area contributed by atoms with Crippen LogP contribution < -0.4 is 9.47 Å². The minimum atomic E-state index is -0.546. The Labute approximate surface area is 151 Å². The summed E-state index contributed by atoms with van der Waals surface area (Å²) in [7, 11) is 0. The van der Waals surface area contributed by atoms with Gasteiger partial charge in [0.05, 0.1) is 17.8 Å². The number of fused-ring (bicyclic) bond motifs is 2. The Morgan fingerprint density at radius 2 is 2.04 bits per heavy atom. The molecule has 2 heterocycles. The highest BCUT2D eigenvalue weighted by Crippen LogP contribution is 2.46. The number of carbonyl (C=O) groups excluding carboxylic acids is 1. The fourth-order valence-corrected chi connectivity index (χ4v) is 3.89. The molecule has 4 rings (SSSR count). The number of rotatable bonds is 5. The van der Waals surface area contributed by atoms with Crippen molar-refractivity contribution >= 4 is 5.97 Å². The molecule has 4 nitrogen and oxygen atoms in total. The van der Waals surface area contributed by atoms with Crippen LogP contribution in [0.25, 0.3) is 0 Å². The van der Waals surface area contributed by atoms with E-state index in [1.165, 1.54) is 18.2 Å². The lowest BCUT2D eigenvalue weighted by molar-refractivity contribution is -0.0136. The molecular weight excluding hydrogens is 335 g/mol. The Morgan fingerprint density at radius 3 is 2.69 bits per heavy atom. The van der Waals surface area contributed by atoms with Crippen molar-refractivity contribution in [1.29, 1.82) is 0 Å². The molecule has 3 atom stereocenters. The van der Waals surface area contributed by atoms with E-state index in [9.17, 15) is 9.18 Å². The summed E-state index contributed by atoms with van der Waals surface area (Å²) in [6.45, 7) is 2.02. The van der Waals surface area contributed by atoms with Crippen molar-refractivity contribution in [3.05, 3.63) is 59.9 Å². The van der Waals surface area contributed by atoms with Gasteiger partial charge in [0.15, 0.2) is 11.6 Å². The minimum absolute atomic E-state index is 0.0168. The topological polar surface area (TPSA) is 44.8 Å². The Morgan fingerprint density at radius 1 is 1.23 bits per heavy atom. The summed E-state index contributed by atoms with van der Waals surface area (Å²) in [5.41, 5.74) is -0.272. The van der Waals surface area contributed by atoms with Crippen molar-refractivity contribution in [2.24, 2.45) is 0 Å². The molecule has 0 aliphatic carbocycles. The monoisotopic (exact) mass is 356 g/mol. The van der Waals surface area contributed by atoms with Gasteiger partial charge in [-0.15, -0.1) is 0 Å². The van der Waals surface area contributed by atoms with Gasteiger partial charge in [0.25, 0.3) is 0 Å². The second-order valence-electron chi connectivity index (χ2n) is 6.90. The Kier molecular flexibility index (Phi) is 4.41. The van der Waals surface area contributed by atoms with Crippen molar-refractivity contribution < 1.29 is 23.4 Å². The molecule has 136 valence electrons. The summed E-state index contributed by atoms with van der Waals surface area (Å²) in [6, 6.07) is 12.9. The predicted molar refractivity (Wildman–Crippen MR) is 94.0 cm³/mol. The maximum Gasteiger partial charge on any atom is 0.343 e. The van der Waals surface area contributed by atoms with Crippen LogP contribution in [0.5, 0.6) is 11.5 Å². The van der Waals surface area contributed by atoms with E-state index in [1.807, 2.05) is 13.0 Å². The standard InChI is InChI=1S/C21H21FO4/c1-2-21(13-16-9-11-19(21)24-16)26-18-12-14(8-10-17(18)22)20(23)25-15-6-4-3-5-7-15/h3-8,10,12,16,19H,2,9,11,13H2,1H3. The van der Waals surface area contributed by atoms with Gasteiger partial charge in [-0.05, 0) is 49.6 Å². The molecule has 26 heavy (non-hydrogen) atoms. The summed E-state index contributed by atoms with van der Waals surface area (Å²) in [4.78, 5) is 12.4. The van der Waals surface area contributed by atoms with E-state index in [0.717, 1.165) is 25.7 Å². The lowest BCUT2D eigenvalue weighted by atomic mass is 9.82. The van der Waals surface area contributed by atoms with Crippen LogP contribution in [0.3, 0.4) is 0 Å². The third kappa shape index (κ3) is 3.07. The number of carbonyl (C=O) groups is 1. The molecule has 2 fully saturated rings. The zero-order chi connectivity index (χ0) is 18.1. The van der Waals surface area contributed by atoms with Gasteiger partial charge < -0.3 is 14.2 Å². The Bertz CT molecular complexity index is 807. The molecule has 2 aliphatic heterocycles. The number of hydrogen-bond acceptors (Lipinski definition) is 4. The molecule has 0 saturated carbocycles. The molecule has 2 aromatic carbocycles. The Hall–Kier alpha value is -2.40. The lowest BCUT2D eigenvalue weighted by Gasteiger charge is -2.35. The molecule has 0 amide bonds. The fraction of sp³-hybridized carbons (Fsp3) is 0.381. The van der Waals surface area contributed by atoms with Crippen LogP contribution in [-0.2, 0) is 4.74 Å². The third-order valence-electron chi connectivity index (χ3n) is 5.30. The van der Waals surface area contributed by atoms with Crippen molar-refractivity contribution in [2.75, 3.05) is 0 Å². The largest absolute Gasteiger partial charge is 0.481 e. The third-order valence-corrected chi connectivity index (χ3v) is 5.30. The number of hydrogen-bond donors (Lipinski definition) is 0. The van der Waals surface area contributed by atoms with Crippen LogP contribution in [0, 0.1) is 5.82 Å². The van der Waals surface area contributed by atoms with Crippen LogP contribution in [-0.4, -0.2) is 23.8 Å². The molecule has 0 N–H and O–H groups in total. The van der Waals surface area contributed by atoms with E-state index in [1.54, 1.807) is 24.3 Å². The molecule has 0 aromatic heterocycles. The first-order valence-corrected chi connectivity index (χ1v) is 9.01. The quantitative estimate of drug-likeness (QED) is 0.583. The van der Waals surface area contributed by atoms with Gasteiger partial charge in [-0.3, -0.25) is 0 Å². The molecule has 2 aromatic rings. The summed E-state index contributed by atoms with van der Waals surface area (Å²) in [6.07, 6.45) is 3.61. The Balaban J connectivity index is 1.55. The van der Waals surface area contributed by atoms with Gasteiger partial charge in [-0.1, -0.05) is 25.1 Å². The van der Waals surface area contributed by atoms with Crippen LogP contribution in [0.15, 0.2) is 48.5 Å². The maximum atomic E-state index is 14.3. The molecule has 2 aliphatic rings. The van der Waals surface area contributed by atoms with Crippen LogP contribution in [0.4, 0.5) is 4.39 Å². The molecular formula is C21H21FO4. The van der Waals surface area contributed by atoms with Crippen molar-refractivity contribution in [2.45, 2.75) is 50.4 Å². The second kappa shape index (κ2) is 6.72. The number of halogens is 1. The van der Waals surface area contributed by atoms with Gasteiger partial charge in [-0.2, -0.15) is 0 Å². The first-order valence-electron chi connectivity index (χ1n) is 9.01. The molecule has 0 spiro atoms. The minimum Gasteiger partial charge on any atom is -0.481 e. The van der Waals surface area contributed by atoms with Crippen LogP contribution in [0.1, 0.15) is 43.0 Å². The van der Waals surface area contributed by atoms with Gasteiger partial charge >= 0.3 is 5.97 Å². The van der Waals surface area contributed by atoms with Gasteiger partial charge in [0.2, 0.25) is 0 Å². The van der Waals surface area contributed by atoms with Crippen molar-refractivity contribution in [1.82, 2.24) is 0 Å². The molecule has 3 unspecified atom stereocenters. The molecule has 2 saturated heterocycles. The van der Waals surface area contributed by atoms with Crippen LogP contribution >= 0.6 is 0 Å². The smallest absolute Gasteiger partial charge is 0.343 e. The predicted octanol–water partition coefficient (Wildman–Crippen LogP) is 4.52. The SMILES string of the molecule is CCC1(Oc2cc(C(=O)Oc3ccccc3)ccc2F)CC2CCC1O2. The number of ether oxygens (including phenoxy) is 3. The molecule has 5 heteroatoms. The van der Waals surface area contributed by atoms with Crippen LogP contribution in [0.2, 0.25) is 0 Å². The van der Waals surface area contributed by atoms with E-state index in [0.29, 0.717) is 5.75 Å². The van der Waals surface area contributed by atoms with Gasteiger partial charge in [0.1, 0.15) is 11.4 Å². The summed E-state index contributed by atoms with van der Waals surface area (Å²) >= 11 is 0. The van der Waals surface area contributed by atoms with E-state index >= 15 is 0 Å². The van der Waals surface area contributed by atoms with E-state index < -0.39 is 17.4 Å². The normalized spacial score (nSPS) is 26.7. The highest BCUT2D eigenvalue weighted by molar-refractivity contribution is 5.91.